The van der Waals surface area contributed by atoms with Gasteiger partial charge >= 0.3 is 35.3 Å². The average molecular weight is 432 g/mol. The first-order chi connectivity index (χ1) is 7.21. The molecule has 0 radical (unpaired) electrons. The van der Waals surface area contributed by atoms with Crippen molar-refractivity contribution in [2.24, 2.45) is 23.6 Å². The zero-order valence-electron chi connectivity index (χ0n) is 8.62. The zero-order chi connectivity index (χ0) is 10.9. The van der Waals surface area contributed by atoms with Crippen LogP contribution < -0.4 is 11.3 Å². The van der Waals surface area contributed by atoms with Crippen LogP contribution in [0, 0.1) is 17.8 Å². The molecule has 5 heteroatoms. The van der Waals surface area contributed by atoms with Crippen LogP contribution in [-0.4, -0.2) is 5.54 Å². The van der Waals surface area contributed by atoms with Crippen molar-refractivity contribution in [1.29, 1.82) is 0 Å². The van der Waals surface area contributed by atoms with E-state index in [0.717, 1.165) is 17.8 Å². The van der Waals surface area contributed by atoms with E-state index in [0.29, 0.717) is 5.54 Å². The van der Waals surface area contributed by atoms with E-state index in [2.05, 4.69) is 5.43 Å². The van der Waals surface area contributed by atoms with E-state index in [1.165, 1.54) is 38.5 Å². The third-order valence-electron chi connectivity index (χ3n) is 4.34. The van der Waals surface area contributed by atoms with E-state index < -0.39 is 16.5 Å². The monoisotopic (exact) mass is 431 g/mol. The van der Waals surface area contributed by atoms with Crippen LogP contribution in [-0.2, 0) is 16.5 Å². The van der Waals surface area contributed by atoms with Crippen LogP contribution in [0.4, 0.5) is 0 Å². The Hall–Kier alpha value is 1.19. The van der Waals surface area contributed by atoms with E-state index >= 15 is 0 Å². The Labute approximate surface area is 108 Å². The number of nitrogens with one attached hydrogen (secondary N) is 1. The van der Waals surface area contributed by atoms with Crippen LogP contribution in [0.15, 0.2) is 0 Å². The molecule has 0 aliphatic heterocycles. The maximum atomic E-state index is 5.68. The van der Waals surface area contributed by atoms with Gasteiger partial charge in [0.1, 0.15) is 0 Å². The molecule has 0 unspecified atom stereocenters. The molecule has 0 aromatic carbocycles. The Morgan fingerprint density at radius 3 is 1.60 bits per heavy atom. The van der Waals surface area contributed by atoms with Gasteiger partial charge in [0, 0.05) is 5.54 Å². The first-order valence-corrected chi connectivity index (χ1v) is 11.1. The van der Waals surface area contributed by atoms with Crippen LogP contribution >= 0.6 is 18.8 Å². The summed E-state index contributed by atoms with van der Waals surface area (Å²) in [6.07, 6.45) is 8.57. The van der Waals surface area contributed by atoms with Gasteiger partial charge in [0.2, 0.25) is 0 Å². The van der Waals surface area contributed by atoms with E-state index in [-0.39, 0.29) is 0 Å². The first kappa shape index (κ1) is 12.6. The molecule has 0 aromatic rings. The van der Waals surface area contributed by atoms with Crippen molar-refractivity contribution in [3.05, 3.63) is 0 Å². The summed E-state index contributed by atoms with van der Waals surface area (Å²) in [6, 6.07) is 0. The number of hydrogen-bond acceptors (Lipinski definition) is 2. The summed E-state index contributed by atoms with van der Waals surface area (Å²) >= 11 is -0.472. The number of hydrazine groups is 1. The Kier molecular flexibility index (Phi) is 4.40. The van der Waals surface area contributed by atoms with Gasteiger partial charge in [-0.05, 0) is 56.3 Å². The van der Waals surface area contributed by atoms with Gasteiger partial charge in [-0.25, -0.2) is 0 Å². The average Bonchev–Trinajstić information content (AvgIpc) is 2.17. The predicted molar refractivity (Wildman–Crippen MR) is 59.9 cm³/mol. The standard InChI is InChI=1S/C10H18N2.2ClH.Pt/c11-12-10-4-7-1-8(5-10)3-9(2-7)6-10;;;/h7-9,12H,1-6,11H2;2*1H;/q;;;+2/p-2. The minimum absolute atomic E-state index is 0.370. The van der Waals surface area contributed by atoms with Crippen LogP contribution in [0.25, 0.3) is 0 Å². The second kappa shape index (κ2) is 5.23. The Balaban J connectivity index is 0.000000258. The van der Waals surface area contributed by atoms with Crippen molar-refractivity contribution >= 4 is 18.8 Å². The van der Waals surface area contributed by atoms with Crippen molar-refractivity contribution in [1.82, 2.24) is 5.43 Å². The number of nitrogens with two attached hydrogens (primary N) is 1. The van der Waals surface area contributed by atoms with Gasteiger partial charge in [0.05, 0.1) is 0 Å². The second-order valence-electron chi connectivity index (χ2n) is 5.39. The summed E-state index contributed by atoms with van der Waals surface area (Å²) in [6.45, 7) is 0. The molecular weight excluding hydrogens is 414 g/mol. The fraction of sp³-hybridized carbons (Fsp3) is 1.00. The number of halogens is 2. The molecule has 4 aliphatic carbocycles. The van der Waals surface area contributed by atoms with Crippen molar-refractivity contribution < 1.29 is 16.5 Å². The molecule has 4 fully saturated rings. The Bertz CT molecular complexity index is 190. The van der Waals surface area contributed by atoms with Crippen molar-refractivity contribution in [3.8, 4) is 0 Å². The molecule has 4 saturated carbocycles. The normalized spacial score (nSPS) is 46.5. The van der Waals surface area contributed by atoms with Gasteiger partial charge in [0.25, 0.3) is 0 Å². The second-order valence-corrected chi connectivity index (χ2v) is 8.67. The number of rotatable bonds is 1. The first-order valence-electron chi connectivity index (χ1n) is 5.51. The van der Waals surface area contributed by atoms with Crippen molar-refractivity contribution in [3.63, 3.8) is 0 Å². The molecule has 0 spiro atoms. The minimum atomic E-state index is -0.472. The molecular formula is C10H18Cl2N2Pt. The van der Waals surface area contributed by atoms with E-state index in [9.17, 15) is 0 Å². The van der Waals surface area contributed by atoms with Crippen LogP contribution in [0.1, 0.15) is 38.5 Å². The third-order valence-corrected chi connectivity index (χ3v) is 4.34. The summed E-state index contributed by atoms with van der Waals surface area (Å²) in [5.74, 6) is 8.70. The van der Waals surface area contributed by atoms with Crippen LogP contribution in [0.3, 0.4) is 0 Å². The fourth-order valence-electron chi connectivity index (χ4n) is 4.29. The van der Waals surface area contributed by atoms with Gasteiger partial charge in [-0.1, -0.05) is 0 Å². The summed E-state index contributed by atoms with van der Waals surface area (Å²) in [5.41, 5.74) is 3.48. The zero-order valence-corrected chi connectivity index (χ0v) is 12.4. The van der Waals surface area contributed by atoms with Gasteiger partial charge in [-0.15, -0.1) is 0 Å². The van der Waals surface area contributed by atoms with Crippen LogP contribution in [0.2, 0.25) is 0 Å². The summed E-state index contributed by atoms with van der Waals surface area (Å²) in [5, 5.41) is 0. The van der Waals surface area contributed by atoms with Gasteiger partial charge in [-0.3, -0.25) is 11.3 Å². The Morgan fingerprint density at radius 2 is 1.33 bits per heavy atom. The molecule has 0 amide bonds. The van der Waals surface area contributed by atoms with E-state index in [1.807, 2.05) is 0 Å². The molecule has 3 N–H and O–H groups in total. The molecule has 4 rings (SSSR count). The van der Waals surface area contributed by atoms with E-state index in [4.69, 9.17) is 24.7 Å². The molecule has 92 valence electrons. The Morgan fingerprint density at radius 1 is 1.00 bits per heavy atom. The molecule has 15 heavy (non-hydrogen) atoms. The summed E-state index contributed by atoms with van der Waals surface area (Å²) in [7, 11) is 9.75. The predicted octanol–water partition coefficient (Wildman–Crippen LogP) is 2.80. The van der Waals surface area contributed by atoms with Gasteiger partial charge in [-0.2, -0.15) is 0 Å². The van der Waals surface area contributed by atoms with E-state index in [1.54, 1.807) is 0 Å². The topological polar surface area (TPSA) is 38.0 Å². The fourth-order valence-corrected chi connectivity index (χ4v) is 4.29. The van der Waals surface area contributed by atoms with Gasteiger partial charge in [0.15, 0.2) is 0 Å². The van der Waals surface area contributed by atoms with Crippen LogP contribution in [0.5, 0.6) is 0 Å². The molecule has 2 nitrogen and oxygen atoms in total. The molecule has 4 aliphatic rings. The molecule has 0 saturated heterocycles. The summed E-state index contributed by atoms with van der Waals surface area (Å²) in [4.78, 5) is 0. The molecule has 4 bridgehead atoms. The van der Waals surface area contributed by atoms with Gasteiger partial charge < -0.3 is 0 Å². The maximum absolute atomic E-state index is 5.68. The van der Waals surface area contributed by atoms with Crippen molar-refractivity contribution in [2.45, 2.75) is 44.1 Å². The quantitative estimate of drug-likeness (QED) is 0.494. The summed E-state index contributed by atoms with van der Waals surface area (Å²) < 4.78 is 0. The molecule has 0 aromatic heterocycles. The number of hydrogen-bond donors (Lipinski definition) is 2. The third kappa shape index (κ3) is 2.72. The van der Waals surface area contributed by atoms with Crippen molar-refractivity contribution in [2.75, 3.05) is 0 Å². The SMILES string of the molecule is NNC12CC3CC(CC(C3)C1)C2.[Cl][Pt][Cl]. The molecule has 0 atom stereocenters. The molecule has 0 heterocycles.